The molecule has 3 aromatic carbocycles. The lowest BCUT2D eigenvalue weighted by Gasteiger charge is -2.27. The summed E-state index contributed by atoms with van der Waals surface area (Å²) in [6.07, 6.45) is 0.262. The van der Waals surface area contributed by atoms with E-state index in [1.807, 2.05) is 71.6 Å². The minimum Gasteiger partial charge on any atom is -0.487 e. The Balaban J connectivity index is 1.64. The maximum atomic E-state index is 12.0. The monoisotopic (exact) mass is 411 g/mol. The average Bonchev–Trinajstić information content (AvgIpc) is 3.06. The van der Waals surface area contributed by atoms with Gasteiger partial charge in [-0.15, -0.1) is 0 Å². The van der Waals surface area contributed by atoms with Gasteiger partial charge in [-0.1, -0.05) is 52.3 Å². The van der Waals surface area contributed by atoms with Crippen LogP contribution in [0, 0.1) is 0 Å². The number of ether oxygens (including phenoxy) is 1. The number of aliphatic carboxylic acids is 1. The fourth-order valence-corrected chi connectivity index (χ4v) is 3.83. The standard InChI is InChI=1S/C21H18BrNO3/c22-15-8-10-16(11-9-15)23-13-12-19(20(23)21(24)25)26-18-7-3-5-14-4-1-2-6-17(14)18/h1-11,19-20H,12-13H2,(H,24,25)/t19?,20-/m0/s1. The Morgan fingerprint density at radius 1 is 1.04 bits per heavy atom. The first-order chi connectivity index (χ1) is 12.6. The van der Waals surface area contributed by atoms with Crippen LogP contribution in [0.15, 0.2) is 71.2 Å². The Hall–Kier alpha value is -2.53. The molecule has 3 aromatic rings. The maximum absolute atomic E-state index is 12.0. The predicted octanol–water partition coefficient (Wildman–Crippen LogP) is 4.71. The van der Waals surface area contributed by atoms with Crippen molar-refractivity contribution in [2.24, 2.45) is 0 Å². The van der Waals surface area contributed by atoms with Crippen LogP contribution in [0.25, 0.3) is 10.8 Å². The van der Waals surface area contributed by atoms with Gasteiger partial charge in [0.1, 0.15) is 11.9 Å². The van der Waals surface area contributed by atoms with Crippen molar-refractivity contribution in [3.8, 4) is 5.75 Å². The highest BCUT2D eigenvalue weighted by molar-refractivity contribution is 9.10. The van der Waals surface area contributed by atoms with Crippen molar-refractivity contribution in [1.82, 2.24) is 0 Å². The zero-order valence-electron chi connectivity index (χ0n) is 14.0. The van der Waals surface area contributed by atoms with Crippen LogP contribution in [0.4, 0.5) is 5.69 Å². The lowest BCUT2D eigenvalue weighted by molar-refractivity contribution is -0.140. The highest BCUT2D eigenvalue weighted by atomic mass is 79.9. The Morgan fingerprint density at radius 2 is 1.77 bits per heavy atom. The zero-order chi connectivity index (χ0) is 18.1. The number of hydrogen-bond donors (Lipinski definition) is 1. The van der Waals surface area contributed by atoms with Crippen molar-refractivity contribution in [3.63, 3.8) is 0 Å². The molecule has 1 aliphatic heterocycles. The molecule has 0 aromatic heterocycles. The van der Waals surface area contributed by atoms with Gasteiger partial charge in [-0.05, 0) is 35.7 Å². The molecular formula is C21H18BrNO3. The highest BCUT2D eigenvalue weighted by Gasteiger charge is 2.41. The Kier molecular flexibility index (Phi) is 4.55. The third-order valence-corrected chi connectivity index (χ3v) is 5.31. The molecule has 0 bridgehead atoms. The van der Waals surface area contributed by atoms with Crippen LogP contribution in [0.2, 0.25) is 0 Å². The smallest absolute Gasteiger partial charge is 0.330 e. The van der Waals surface area contributed by atoms with Crippen LogP contribution >= 0.6 is 15.9 Å². The molecule has 1 N–H and O–H groups in total. The van der Waals surface area contributed by atoms with Gasteiger partial charge in [0.2, 0.25) is 0 Å². The van der Waals surface area contributed by atoms with Gasteiger partial charge in [-0.2, -0.15) is 0 Å². The molecule has 0 spiro atoms. The van der Waals surface area contributed by atoms with E-state index in [0.717, 1.165) is 26.7 Å². The molecule has 26 heavy (non-hydrogen) atoms. The summed E-state index contributed by atoms with van der Waals surface area (Å²) >= 11 is 3.42. The van der Waals surface area contributed by atoms with E-state index in [0.29, 0.717) is 13.0 Å². The molecule has 1 saturated heterocycles. The van der Waals surface area contributed by atoms with E-state index >= 15 is 0 Å². The van der Waals surface area contributed by atoms with E-state index < -0.39 is 18.1 Å². The number of anilines is 1. The Bertz CT molecular complexity index is 936. The molecule has 4 nitrogen and oxygen atoms in total. The van der Waals surface area contributed by atoms with Gasteiger partial charge in [0.05, 0.1) is 0 Å². The van der Waals surface area contributed by atoms with E-state index in [1.54, 1.807) is 0 Å². The molecule has 1 aliphatic rings. The largest absolute Gasteiger partial charge is 0.487 e. The molecule has 1 fully saturated rings. The van der Waals surface area contributed by atoms with Crippen molar-refractivity contribution in [3.05, 3.63) is 71.2 Å². The first-order valence-electron chi connectivity index (χ1n) is 8.53. The summed E-state index contributed by atoms with van der Waals surface area (Å²) in [7, 11) is 0. The van der Waals surface area contributed by atoms with Gasteiger partial charge in [0, 0.05) is 28.5 Å². The number of carboxylic acids is 1. The maximum Gasteiger partial charge on any atom is 0.330 e. The van der Waals surface area contributed by atoms with Crippen LogP contribution in [0.3, 0.4) is 0 Å². The number of halogens is 1. The summed E-state index contributed by atoms with van der Waals surface area (Å²) in [4.78, 5) is 13.9. The van der Waals surface area contributed by atoms with Crippen molar-refractivity contribution < 1.29 is 14.6 Å². The molecule has 5 heteroatoms. The number of carbonyl (C=O) groups is 1. The van der Waals surface area contributed by atoms with Crippen LogP contribution in [-0.4, -0.2) is 29.8 Å². The van der Waals surface area contributed by atoms with Crippen LogP contribution in [0.5, 0.6) is 5.75 Å². The first kappa shape index (κ1) is 16.9. The third-order valence-electron chi connectivity index (χ3n) is 4.78. The predicted molar refractivity (Wildman–Crippen MR) is 106 cm³/mol. The number of benzene rings is 3. The highest BCUT2D eigenvalue weighted by Crippen LogP contribution is 2.32. The Labute approximate surface area is 160 Å². The van der Waals surface area contributed by atoms with E-state index in [1.165, 1.54) is 0 Å². The van der Waals surface area contributed by atoms with Crippen LogP contribution < -0.4 is 9.64 Å². The van der Waals surface area contributed by atoms with Crippen molar-refractivity contribution in [1.29, 1.82) is 0 Å². The summed E-state index contributed by atoms with van der Waals surface area (Å²) in [6.45, 7) is 0.647. The molecule has 1 heterocycles. The second-order valence-electron chi connectivity index (χ2n) is 6.38. The summed E-state index contributed by atoms with van der Waals surface area (Å²) in [5.74, 6) is -0.132. The second-order valence-corrected chi connectivity index (χ2v) is 7.29. The van der Waals surface area contributed by atoms with E-state index in [-0.39, 0.29) is 0 Å². The number of nitrogens with zero attached hydrogens (tertiary/aromatic N) is 1. The van der Waals surface area contributed by atoms with Gasteiger partial charge < -0.3 is 14.7 Å². The van der Waals surface area contributed by atoms with Crippen LogP contribution in [0.1, 0.15) is 6.42 Å². The first-order valence-corrected chi connectivity index (χ1v) is 9.32. The van der Waals surface area contributed by atoms with Gasteiger partial charge in [0.15, 0.2) is 6.04 Å². The molecular weight excluding hydrogens is 394 g/mol. The van der Waals surface area contributed by atoms with Crippen molar-refractivity contribution >= 4 is 38.4 Å². The quantitative estimate of drug-likeness (QED) is 0.674. The summed E-state index contributed by atoms with van der Waals surface area (Å²) in [5, 5.41) is 11.9. The van der Waals surface area contributed by atoms with E-state index in [9.17, 15) is 9.90 Å². The lowest BCUT2D eigenvalue weighted by atomic mass is 10.1. The molecule has 4 rings (SSSR count). The molecule has 132 valence electrons. The normalized spacial score (nSPS) is 19.7. The molecule has 0 radical (unpaired) electrons. The third kappa shape index (κ3) is 3.15. The number of carboxylic acid groups (broad SMARTS) is 1. The molecule has 1 unspecified atom stereocenters. The van der Waals surface area contributed by atoms with Gasteiger partial charge in [0.25, 0.3) is 0 Å². The average molecular weight is 412 g/mol. The van der Waals surface area contributed by atoms with Crippen molar-refractivity contribution in [2.45, 2.75) is 18.6 Å². The fourth-order valence-electron chi connectivity index (χ4n) is 3.56. The summed E-state index contributed by atoms with van der Waals surface area (Å²) in [5.41, 5.74) is 0.893. The molecule has 0 amide bonds. The van der Waals surface area contributed by atoms with Crippen LogP contribution in [-0.2, 0) is 4.79 Å². The van der Waals surface area contributed by atoms with Gasteiger partial charge >= 0.3 is 5.97 Å². The molecule has 0 aliphatic carbocycles. The van der Waals surface area contributed by atoms with Crippen molar-refractivity contribution in [2.75, 3.05) is 11.4 Å². The van der Waals surface area contributed by atoms with Gasteiger partial charge in [-0.3, -0.25) is 0 Å². The summed E-state index contributed by atoms with van der Waals surface area (Å²) < 4.78 is 7.17. The fraction of sp³-hybridized carbons (Fsp3) is 0.190. The summed E-state index contributed by atoms with van der Waals surface area (Å²) in [6, 6.07) is 20.8. The minimum absolute atomic E-state index is 0.401. The van der Waals surface area contributed by atoms with Gasteiger partial charge in [-0.25, -0.2) is 4.79 Å². The number of rotatable bonds is 4. The number of hydrogen-bond acceptors (Lipinski definition) is 3. The number of fused-ring (bicyclic) bond motifs is 1. The lowest BCUT2D eigenvalue weighted by Crippen LogP contribution is -2.44. The van der Waals surface area contributed by atoms with E-state index in [2.05, 4.69) is 15.9 Å². The Morgan fingerprint density at radius 3 is 2.54 bits per heavy atom. The molecule has 2 atom stereocenters. The second kappa shape index (κ2) is 7.00. The molecule has 0 saturated carbocycles. The zero-order valence-corrected chi connectivity index (χ0v) is 15.6. The topological polar surface area (TPSA) is 49.8 Å². The minimum atomic E-state index is -0.865. The van der Waals surface area contributed by atoms with E-state index in [4.69, 9.17) is 4.74 Å². The SMILES string of the molecule is O=C(O)[C@@H]1C(Oc2cccc3ccccc23)CCN1c1ccc(Br)cc1.